The van der Waals surface area contributed by atoms with Crippen molar-refractivity contribution in [1.82, 2.24) is 0 Å². The standard InChI is InChI=1S/ClH.Mo.3NO3/c;;3*2-1(3)4/h1H;;;;/q;+4;3*-1/p-1. The molecule has 0 amide bonds. The van der Waals surface area contributed by atoms with E-state index in [1.165, 1.54) is 18.8 Å². The predicted octanol–water partition coefficient (Wildman–Crippen LogP) is -0.0303. The molecule has 14 heavy (non-hydrogen) atoms. The fourth-order valence-electron chi connectivity index (χ4n) is 0. The summed E-state index contributed by atoms with van der Waals surface area (Å²) in [6.07, 6.45) is 0. The molecule has 0 saturated carbocycles. The van der Waals surface area contributed by atoms with E-state index in [0.29, 0.717) is 0 Å². The van der Waals surface area contributed by atoms with E-state index < -0.39 is 15.3 Å². The second-order valence-electron chi connectivity index (χ2n) is 0.671. The van der Waals surface area contributed by atoms with Crippen LogP contribution in [0.1, 0.15) is 0 Å². The molecule has 0 unspecified atom stereocenters. The van der Waals surface area contributed by atoms with Crippen LogP contribution in [0.3, 0.4) is 0 Å². The Morgan fingerprint density at radius 1 is 0.643 bits per heavy atom. The molecule has 0 rings (SSSR count). The Hall–Kier alpha value is -1.42. The van der Waals surface area contributed by atoms with E-state index in [1.54, 1.807) is 0 Å². The van der Waals surface area contributed by atoms with Crippen molar-refractivity contribution < 1.29 is 34.0 Å². The summed E-state index contributed by atoms with van der Waals surface area (Å²) in [5, 5.41) is 44.2. The Kier molecular flexibility index (Phi) is 36.9. The first-order valence-electron chi connectivity index (χ1n) is 1.80. The molecule has 0 heterocycles. The van der Waals surface area contributed by atoms with Crippen LogP contribution in [-0.4, -0.2) is 15.3 Å². The van der Waals surface area contributed by atoms with Gasteiger partial charge in [0.1, 0.15) is 0 Å². The van der Waals surface area contributed by atoms with Crippen LogP contribution in [0.15, 0.2) is 0 Å². The summed E-state index contributed by atoms with van der Waals surface area (Å²) in [5.41, 5.74) is 0. The van der Waals surface area contributed by atoms with Crippen molar-refractivity contribution in [1.29, 1.82) is 0 Å². The topological polar surface area (TPSA) is 199 Å². The van der Waals surface area contributed by atoms with Crippen molar-refractivity contribution in [2.24, 2.45) is 0 Å². The number of nitrogens with zero attached hydrogens (tertiary/aromatic N) is 3. The van der Waals surface area contributed by atoms with Gasteiger partial charge in [0.15, 0.2) is 0 Å². The van der Waals surface area contributed by atoms with E-state index in [0.717, 1.165) is 0 Å². The quantitative estimate of drug-likeness (QED) is 0.334. The zero-order chi connectivity index (χ0) is 12.7. The van der Waals surface area contributed by atoms with Gasteiger partial charge in [-0.05, 0) is 0 Å². The summed E-state index contributed by atoms with van der Waals surface area (Å²) in [6.45, 7) is 0. The van der Waals surface area contributed by atoms with Gasteiger partial charge < -0.3 is 46.0 Å². The molecule has 0 radical (unpaired) electrons. The van der Waals surface area contributed by atoms with Gasteiger partial charge in [0.25, 0.3) is 0 Å². The molecule has 0 aromatic carbocycles. The van der Waals surface area contributed by atoms with Crippen LogP contribution in [0.25, 0.3) is 0 Å². The molecule has 14 heteroatoms. The second-order valence-corrected chi connectivity index (χ2v) is 0.671. The Labute approximate surface area is 89.8 Å². The SMILES string of the molecule is O=[N+]([O-])[O-].O=[N+]([O-])[O-].O=[N+]([O-])[O-].[Cl][Mo+3]. The van der Waals surface area contributed by atoms with Crippen LogP contribution in [0, 0.1) is 46.0 Å². The molecule has 0 aliphatic heterocycles. The van der Waals surface area contributed by atoms with Gasteiger partial charge in [-0.25, -0.2) is 0 Å². The summed E-state index contributed by atoms with van der Waals surface area (Å²) < 4.78 is 0. The fourth-order valence-corrected chi connectivity index (χ4v) is 0. The van der Waals surface area contributed by atoms with E-state index in [4.69, 9.17) is 46.0 Å². The third-order valence-corrected chi connectivity index (χ3v) is 0. The Morgan fingerprint density at radius 2 is 0.643 bits per heavy atom. The van der Waals surface area contributed by atoms with Crippen LogP contribution in [0.5, 0.6) is 0 Å². The number of rotatable bonds is 0. The summed E-state index contributed by atoms with van der Waals surface area (Å²) >= 11 is 1.42. The number of halogens is 1. The van der Waals surface area contributed by atoms with Crippen molar-refractivity contribution in [2.75, 3.05) is 0 Å². The summed E-state index contributed by atoms with van der Waals surface area (Å²) in [5.74, 6) is 0. The summed E-state index contributed by atoms with van der Waals surface area (Å²) in [7, 11) is 4.65. The Bertz CT molecular complexity index is 118. The van der Waals surface area contributed by atoms with E-state index >= 15 is 0 Å². The second kappa shape index (κ2) is 22.6. The third kappa shape index (κ3) is 480. The predicted molar refractivity (Wildman–Crippen MR) is 36.9 cm³/mol. The third-order valence-electron chi connectivity index (χ3n) is 0. The average Bonchev–Trinajstić information content (AvgIpc) is 1.86. The normalized spacial score (nSPS) is 5.43. The van der Waals surface area contributed by atoms with Gasteiger partial charge in [0.05, 0.1) is 15.3 Å². The molecule has 0 aliphatic rings. The van der Waals surface area contributed by atoms with Gasteiger partial charge in [-0.3, -0.25) is 0 Å². The maximum absolute atomic E-state index is 8.25. The molecule has 0 N–H and O–H groups in total. The molecule has 0 fully saturated rings. The van der Waals surface area contributed by atoms with Crippen molar-refractivity contribution in [3.63, 3.8) is 0 Å². The number of hydrogen-bond acceptors (Lipinski definition) is 9. The minimum atomic E-state index is -1.75. The summed E-state index contributed by atoms with van der Waals surface area (Å²) in [4.78, 5) is 24.8. The first kappa shape index (κ1) is 22.9. The summed E-state index contributed by atoms with van der Waals surface area (Å²) in [6, 6.07) is 0. The zero-order valence-corrected chi connectivity index (χ0v) is 8.56. The molecule has 12 nitrogen and oxygen atoms in total. The van der Waals surface area contributed by atoms with Gasteiger partial charge in [-0.2, -0.15) is 0 Å². The fraction of sp³-hybridized carbons (Fsp3) is 0. The maximum atomic E-state index is 8.25. The van der Waals surface area contributed by atoms with E-state index in [2.05, 4.69) is 9.42 Å². The molecule has 0 bridgehead atoms. The molecule has 0 aromatic heterocycles. The molecular formula is ClMoN3O9. The van der Waals surface area contributed by atoms with Crippen molar-refractivity contribution in [3.8, 4) is 0 Å². The average molecular weight is 317 g/mol. The van der Waals surface area contributed by atoms with Crippen molar-refractivity contribution in [2.45, 2.75) is 0 Å². The molecule has 0 aromatic rings. The zero-order valence-electron chi connectivity index (χ0n) is 5.80. The van der Waals surface area contributed by atoms with Crippen LogP contribution >= 0.6 is 9.42 Å². The number of hydrogen-bond donors (Lipinski definition) is 0. The van der Waals surface area contributed by atoms with Crippen molar-refractivity contribution in [3.05, 3.63) is 46.0 Å². The van der Waals surface area contributed by atoms with E-state index in [9.17, 15) is 0 Å². The molecule has 0 saturated heterocycles. The van der Waals surface area contributed by atoms with Gasteiger partial charge in [0.2, 0.25) is 0 Å². The molecular weight excluding hydrogens is 317 g/mol. The van der Waals surface area contributed by atoms with Crippen LogP contribution in [0.4, 0.5) is 0 Å². The molecule has 0 spiro atoms. The monoisotopic (exact) mass is 319 g/mol. The van der Waals surface area contributed by atoms with Gasteiger partial charge >= 0.3 is 28.2 Å². The van der Waals surface area contributed by atoms with Gasteiger partial charge in [-0.15, -0.1) is 0 Å². The van der Waals surface area contributed by atoms with Crippen LogP contribution in [0.2, 0.25) is 0 Å². The Balaban J connectivity index is -0.0000000492. The van der Waals surface area contributed by atoms with Crippen molar-refractivity contribution >= 4 is 9.42 Å². The van der Waals surface area contributed by atoms with Gasteiger partial charge in [0, 0.05) is 0 Å². The molecule has 0 aliphatic carbocycles. The first-order valence-corrected chi connectivity index (χ1v) is 4.38. The van der Waals surface area contributed by atoms with E-state index in [-0.39, 0.29) is 0 Å². The minimum absolute atomic E-state index is 1.42. The Morgan fingerprint density at radius 3 is 0.643 bits per heavy atom. The van der Waals surface area contributed by atoms with Crippen LogP contribution in [-0.2, 0) is 18.8 Å². The molecule has 0 atom stereocenters. The van der Waals surface area contributed by atoms with Crippen LogP contribution < -0.4 is 0 Å². The van der Waals surface area contributed by atoms with E-state index in [1.807, 2.05) is 0 Å². The first-order chi connectivity index (χ1) is 6.20. The molecule has 82 valence electrons. The van der Waals surface area contributed by atoms with Gasteiger partial charge in [-0.1, -0.05) is 0 Å².